The monoisotopic (exact) mass is 323 g/mol. The molecule has 0 bridgehead atoms. The van der Waals surface area contributed by atoms with E-state index in [0.717, 1.165) is 32.4 Å². The fourth-order valence-corrected chi connectivity index (χ4v) is 3.18. The van der Waals surface area contributed by atoms with Crippen LogP contribution in [0.2, 0.25) is 0 Å². The van der Waals surface area contributed by atoms with Crippen LogP contribution in [0.25, 0.3) is 0 Å². The summed E-state index contributed by atoms with van der Waals surface area (Å²) in [4.78, 5) is 14.1. The van der Waals surface area contributed by atoms with Crippen molar-refractivity contribution >= 4 is 5.91 Å². The summed E-state index contributed by atoms with van der Waals surface area (Å²) in [7, 11) is 1.81. The molecule has 1 fully saturated rings. The fourth-order valence-electron chi connectivity index (χ4n) is 3.18. The van der Waals surface area contributed by atoms with Crippen molar-refractivity contribution in [2.75, 3.05) is 20.2 Å². The van der Waals surface area contributed by atoms with E-state index in [-0.39, 0.29) is 0 Å². The van der Waals surface area contributed by atoms with Gasteiger partial charge in [-0.05, 0) is 38.5 Å². The van der Waals surface area contributed by atoms with Crippen molar-refractivity contribution in [3.05, 3.63) is 12.2 Å². The molecule has 0 aliphatic carbocycles. The molecule has 1 aliphatic rings. The van der Waals surface area contributed by atoms with Gasteiger partial charge in [-0.3, -0.25) is 4.79 Å². The number of ether oxygens (including phenoxy) is 1. The molecule has 1 aliphatic heterocycles. The third-order valence-electron chi connectivity index (χ3n) is 4.76. The Kier molecular flexibility index (Phi) is 11.9. The molecule has 0 saturated carbocycles. The molecule has 0 unspecified atom stereocenters. The first-order valence-corrected chi connectivity index (χ1v) is 9.73. The van der Waals surface area contributed by atoms with Crippen molar-refractivity contribution in [2.24, 2.45) is 0 Å². The Morgan fingerprint density at radius 3 is 2.52 bits per heavy atom. The molecule has 0 radical (unpaired) electrons. The van der Waals surface area contributed by atoms with Gasteiger partial charge in [0, 0.05) is 26.6 Å². The van der Waals surface area contributed by atoms with Crippen molar-refractivity contribution in [1.82, 2.24) is 4.90 Å². The van der Waals surface area contributed by atoms with Crippen LogP contribution in [0.4, 0.5) is 0 Å². The summed E-state index contributed by atoms with van der Waals surface area (Å²) in [5, 5.41) is 0. The van der Waals surface area contributed by atoms with Crippen LogP contribution < -0.4 is 0 Å². The fraction of sp³-hybridized carbons (Fsp3) is 0.850. The number of allylic oxidation sites excluding steroid dienone is 1. The van der Waals surface area contributed by atoms with E-state index in [4.69, 9.17) is 4.74 Å². The second-order valence-electron chi connectivity index (χ2n) is 6.75. The maximum absolute atomic E-state index is 12.0. The molecule has 0 N–H and O–H groups in total. The van der Waals surface area contributed by atoms with Crippen LogP contribution in [0.15, 0.2) is 12.2 Å². The highest BCUT2D eigenvalue weighted by Gasteiger charge is 2.15. The predicted octanol–water partition coefficient (Wildman–Crippen LogP) is 5.10. The van der Waals surface area contributed by atoms with Crippen LogP contribution in [0.3, 0.4) is 0 Å². The molecule has 1 saturated heterocycles. The molecule has 134 valence electrons. The molecule has 23 heavy (non-hydrogen) atoms. The average Bonchev–Trinajstić information content (AvgIpc) is 2.60. The first-order valence-electron chi connectivity index (χ1n) is 9.73. The highest BCUT2D eigenvalue weighted by molar-refractivity contribution is 5.76. The molecule has 1 heterocycles. The van der Waals surface area contributed by atoms with Crippen molar-refractivity contribution in [1.29, 1.82) is 0 Å². The Balaban J connectivity index is 2.07. The smallest absolute Gasteiger partial charge is 0.222 e. The number of carbonyl (C=O) groups is 1. The Hall–Kier alpha value is -0.830. The summed E-state index contributed by atoms with van der Waals surface area (Å²) in [5.41, 5.74) is 0. The Bertz CT molecular complexity index is 322. The second-order valence-corrected chi connectivity index (χ2v) is 6.75. The SMILES string of the molecule is CCCCCCC[C@@H](C/C=C/CCC(=O)N1CCCCC1)OC. The Morgan fingerprint density at radius 1 is 1.09 bits per heavy atom. The molecule has 0 aromatic carbocycles. The quantitative estimate of drug-likeness (QED) is 0.369. The van der Waals surface area contributed by atoms with Gasteiger partial charge < -0.3 is 9.64 Å². The summed E-state index contributed by atoms with van der Waals surface area (Å²) in [6.45, 7) is 4.18. The van der Waals surface area contributed by atoms with Crippen LogP contribution in [0, 0.1) is 0 Å². The summed E-state index contributed by atoms with van der Waals surface area (Å²) in [6.07, 6.45) is 18.6. The van der Waals surface area contributed by atoms with Crippen LogP contribution >= 0.6 is 0 Å². The van der Waals surface area contributed by atoms with Gasteiger partial charge in [-0.1, -0.05) is 51.2 Å². The van der Waals surface area contributed by atoms with E-state index in [0.29, 0.717) is 18.4 Å². The predicted molar refractivity (Wildman–Crippen MR) is 97.6 cm³/mol. The topological polar surface area (TPSA) is 29.5 Å². The van der Waals surface area contributed by atoms with Crippen LogP contribution in [-0.4, -0.2) is 37.1 Å². The van der Waals surface area contributed by atoms with Gasteiger partial charge in [0.15, 0.2) is 0 Å². The molecule has 0 spiro atoms. The van der Waals surface area contributed by atoms with E-state index < -0.39 is 0 Å². The lowest BCUT2D eigenvalue weighted by atomic mass is 10.1. The normalized spacial score (nSPS) is 16.9. The number of hydrogen-bond donors (Lipinski definition) is 0. The van der Waals surface area contributed by atoms with Crippen molar-refractivity contribution in [3.63, 3.8) is 0 Å². The van der Waals surface area contributed by atoms with Crippen molar-refractivity contribution in [3.8, 4) is 0 Å². The lowest BCUT2D eigenvalue weighted by Crippen LogP contribution is -2.35. The second kappa shape index (κ2) is 13.6. The van der Waals surface area contributed by atoms with Gasteiger partial charge in [-0.25, -0.2) is 0 Å². The number of hydrogen-bond acceptors (Lipinski definition) is 2. The number of methoxy groups -OCH3 is 1. The van der Waals surface area contributed by atoms with E-state index in [1.807, 2.05) is 12.0 Å². The molecule has 0 aromatic heterocycles. The van der Waals surface area contributed by atoms with E-state index in [1.54, 1.807) is 0 Å². The Labute approximate surface area is 143 Å². The van der Waals surface area contributed by atoms with Crippen LogP contribution in [0.5, 0.6) is 0 Å². The number of unbranched alkanes of at least 4 members (excludes halogenated alkanes) is 4. The van der Waals surface area contributed by atoms with Gasteiger partial charge in [-0.15, -0.1) is 0 Å². The van der Waals surface area contributed by atoms with Crippen molar-refractivity contribution < 1.29 is 9.53 Å². The van der Waals surface area contributed by atoms with Gasteiger partial charge in [0.05, 0.1) is 6.10 Å². The zero-order valence-electron chi connectivity index (χ0n) is 15.4. The highest BCUT2D eigenvalue weighted by atomic mass is 16.5. The average molecular weight is 324 g/mol. The summed E-state index contributed by atoms with van der Waals surface area (Å²) >= 11 is 0. The van der Waals surface area contributed by atoms with E-state index in [1.165, 1.54) is 51.4 Å². The minimum Gasteiger partial charge on any atom is -0.381 e. The summed E-state index contributed by atoms with van der Waals surface area (Å²) < 4.78 is 5.55. The number of amides is 1. The van der Waals surface area contributed by atoms with Crippen molar-refractivity contribution in [2.45, 2.75) is 90.1 Å². The van der Waals surface area contributed by atoms with E-state index in [9.17, 15) is 4.79 Å². The first kappa shape index (κ1) is 20.2. The third kappa shape index (κ3) is 9.80. The van der Waals surface area contributed by atoms with Gasteiger partial charge in [0.1, 0.15) is 0 Å². The molecular weight excluding hydrogens is 286 g/mol. The highest BCUT2D eigenvalue weighted by Crippen LogP contribution is 2.13. The summed E-state index contributed by atoms with van der Waals surface area (Å²) in [6, 6.07) is 0. The number of rotatable bonds is 12. The Morgan fingerprint density at radius 2 is 1.83 bits per heavy atom. The molecule has 3 nitrogen and oxygen atoms in total. The molecule has 1 rings (SSSR count). The van der Waals surface area contributed by atoms with Gasteiger partial charge in [0.2, 0.25) is 5.91 Å². The minimum atomic E-state index is 0.327. The van der Waals surface area contributed by atoms with Gasteiger partial charge in [-0.2, -0.15) is 0 Å². The zero-order valence-corrected chi connectivity index (χ0v) is 15.4. The lowest BCUT2D eigenvalue weighted by Gasteiger charge is -2.26. The maximum Gasteiger partial charge on any atom is 0.222 e. The maximum atomic E-state index is 12.0. The number of likely N-dealkylation sites (tertiary alicyclic amines) is 1. The molecule has 0 aromatic rings. The minimum absolute atomic E-state index is 0.327. The molecule has 3 heteroatoms. The number of carbonyl (C=O) groups excluding carboxylic acids is 1. The lowest BCUT2D eigenvalue weighted by molar-refractivity contribution is -0.131. The van der Waals surface area contributed by atoms with Gasteiger partial charge >= 0.3 is 0 Å². The molecular formula is C20H37NO2. The van der Waals surface area contributed by atoms with Crippen LogP contribution in [-0.2, 0) is 9.53 Å². The van der Waals surface area contributed by atoms with Crippen LogP contribution in [0.1, 0.15) is 84.0 Å². The van der Waals surface area contributed by atoms with E-state index in [2.05, 4.69) is 19.1 Å². The first-order chi connectivity index (χ1) is 11.3. The summed E-state index contributed by atoms with van der Waals surface area (Å²) in [5.74, 6) is 0.327. The number of nitrogens with zero attached hydrogens (tertiary/aromatic N) is 1. The third-order valence-corrected chi connectivity index (χ3v) is 4.76. The van der Waals surface area contributed by atoms with E-state index >= 15 is 0 Å². The zero-order chi connectivity index (χ0) is 16.8. The number of piperidine rings is 1. The molecule has 1 amide bonds. The largest absolute Gasteiger partial charge is 0.381 e. The standard InChI is InChI=1S/C20H37NO2/c1-3-4-5-6-9-14-19(23-2)15-10-7-11-16-20(22)21-17-12-8-13-18-21/h7,10,19H,3-6,8-9,11-18H2,1-2H3/b10-7+/t19-/m0/s1. The van der Waals surface area contributed by atoms with Gasteiger partial charge in [0.25, 0.3) is 0 Å². The molecule has 1 atom stereocenters.